The van der Waals surface area contributed by atoms with Crippen LogP contribution in [0.15, 0.2) is 66.7 Å². The number of carboxylic acids is 1. The molecule has 0 radical (unpaired) electrons. The molecule has 4 amide bonds. The van der Waals surface area contributed by atoms with Crippen molar-refractivity contribution in [2.45, 2.75) is 65.1 Å². The van der Waals surface area contributed by atoms with E-state index in [-0.39, 0.29) is 19.1 Å². The molecule has 0 saturated heterocycles. The topological polar surface area (TPSA) is 164 Å². The van der Waals surface area contributed by atoms with Crippen LogP contribution in [0.3, 0.4) is 0 Å². The number of carboxylic acid groups (broad SMARTS) is 1. The Morgan fingerprint density at radius 2 is 1.61 bits per heavy atom. The number of benzene rings is 3. The lowest BCUT2D eigenvalue weighted by atomic mass is 9.99. The summed E-state index contributed by atoms with van der Waals surface area (Å²) in [7, 11) is 0. The number of fused-ring (bicyclic) bond motifs is 1. The molecule has 0 bridgehead atoms. The summed E-state index contributed by atoms with van der Waals surface area (Å²) < 4.78 is 16.7. The molecular weight excluding hydrogens is 592 g/mol. The smallest absolute Gasteiger partial charge is 0.323 e. The fraction of sp³-hybridized carbons (Fsp3) is 0.353. The van der Waals surface area contributed by atoms with Crippen molar-refractivity contribution in [1.82, 2.24) is 10.6 Å². The Morgan fingerprint density at radius 3 is 2.28 bits per heavy atom. The molecular formula is C34H40N4O8. The normalized spacial score (nSPS) is 13.7. The maximum atomic E-state index is 13.5. The molecule has 46 heavy (non-hydrogen) atoms. The van der Waals surface area contributed by atoms with Crippen LogP contribution >= 0.6 is 0 Å². The van der Waals surface area contributed by atoms with E-state index >= 15 is 0 Å². The number of carbonyl (C=O) groups excluding carboxylic acids is 3. The van der Waals surface area contributed by atoms with E-state index in [9.17, 15) is 24.3 Å². The molecule has 3 aromatic carbocycles. The number of nitrogens with one attached hydrogen (secondary N) is 4. The zero-order chi connectivity index (χ0) is 33.2. The number of hydrogen-bond donors (Lipinski definition) is 5. The highest BCUT2D eigenvalue weighted by atomic mass is 16.7. The van der Waals surface area contributed by atoms with Crippen molar-refractivity contribution in [3.05, 3.63) is 77.9 Å². The van der Waals surface area contributed by atoms with Gasteiger partial charge in [0.15, 0.2) is 17.6 Å². The number of para-hydroxylation sites is 1. The maximum absolute atomic E-state index is 13.5. The minimum Gasteiger partial charge on any atom is -0.481 e. The summed E-state index contributed by atoms with van der Waals surface area (Å²) in [6.45, 7) is 7.59. The average Bonchev–Trinajstić information content (AvgIpc) is 3.49. The summed E-state index contributed by atoms with van der Waals surface area (Å²) >= 11 is 0. The molecule has 3 atom stereocenters. The van der Waals surface area contributed by atoms with Gasteiger partial charge in [-0.1, -0.05) is 45.0 Å². The Morgan fingerprint density at radius 1 is 0.891 bits per heavy atom. The van der Waals surface area contributed by atoms with Crippen LogP contribution in [0.1, 0.15) is 57.2 Å². The molecule has 0 aromatic heterocycles. The van der Waals surface area contributed by atoms with Gasteiger partial charge in [0, 0.05) is 11.4 Å². The quantitative estimate of drug-likeness (QED) is 0.158. The molecule has 4 rings (SSSR count). The second-order valence-electron chi connectivity index (χ2n) is 11.4. The number of amides is 4. The molecule has 0 fully saturated rings. The third-order valence-corrected chi connectivity index (χ3v) is 7.28. The summed E-state index contributed by atoms with van der Waals surface area (Å²) in [6, 6.07) is 16.8. The van der Waals surface area contributed by atoms with E-state index in [1.54, 1.807) is 49.4 Å². The SMILES string of the molecule is CCC(Oc1ccc(NC(=O)Nc2ccccc2C)cc1)C(=O)NC(CC(C)C)C(=O)NC(CC(=O)O)c1ccc2c(c1)OCO2. The van der Waals surface area contributed by atoms with E-state index in [4.69, 9.17) is 14.2 Å². The molecule has 1 aliphatic rings. The van der Waals surface area contributed by atoms with Crippen LogP contribution < -0.4 is 35.5 Å². The lowest BCUT2D eigenvalue weighted by Gasteiger charge is -2.26. The highest BCUT2D eigenvalue weighted by Crippen LogP contribution is 2.35. The van der Waals surface area contributed by atoms with Crippen LogP contribution in [0, 0.1) is 12.8 Å². The van der Waals surface area contributed by atoms with E-state index in [1.165, 1.54) is 0 Å². The Labute approximate surface area is 267 Å². The van der Waals surface area contributed by atoms with Crippen LogP contribution in [0.2, 0.25) is 0 Å². The molecule has 12 heteroatoms. The molecule has 12 nitrogen and oxygen atoms in total. The Balaban J connectivity index is 1.38. The average molecular weight is 633 g/mol. The van der Waals surface area contributed by atoms with Gasteiger partial charge in [0.05, 0.1) is 12.5 Å². The molecule has 244 valence electrons. The van der Waals surface area contributed by atoms with E-state index < -0.39 is 42.0 Å². The van der Waals surface area contributed by atoms with E-state index in [0.717, 1.165) is 5.56 Å². The molecule has 1 aliphatic heterocycles. The Bertz CT molecular complexity index is 1540. The monoisotopic (exact) mass is 632 g/mol. The zero-order valence-electron chi connectivity index (χ0n) is 26.3. The fourth-order valence-electron chi connectivity index (χ4n) is 4.90. The summed E-state index contributed by atoms with van der Waals surface area (Å²) in [5.41, 5.74) is 2.70. The highest BCUT2D eigenvalue weighted by Gasteiger charge is 2.29. The van der Waals surface area contributed by atoms with Crippen molar-refractivity contribution in [2.24, 2.45) is 5.92 Å². The van der Waals surface area contributed by atoms with Crippen molar-refractivity contribution in [3.63, 3.8) is 0 Å². The molecule has 0 saturated carbocycles. The van der Waals surface area contributed by atoms with E-state index in [2.05, 4.69) is 21.3 Å². The Kier molecular flexibility index (Phi) is 11.4. The minimum atomic E-state index is -1.10. The van der Waals surface area contributed by atoms with Crippen molar-refractivity contribution >= 4 is 35.2 Å². The van der Waals surface area contributed by atoms with Crippen molar-refractivity contribution < 1.29 is 38.5 Å². The van der Waals surface area contributed by atoms with Gasteiger partial charge in [-0.15, -0.1) is 0 Å². The Hall–Kier alpha value is -5.26. The number of carbonyl (C=O) groups is 4. The van der Waals surface area contributed by atoms with Gasteiger partial charge in [-0.2, -0.15) is 0 Å². The molecule has 0 aliphatic carbocycles. The molecule has 3 unspecified atom stereocenters. The predicted molar refractivity (Wildman–Crippen MR) is 172 cm³/mol. The number of aliphatic carboxylic acids is 1. The number of rotatable bonds is 14. The maximum Gasteiger partial charge on any atom is 0.323 e. The van der Waals surface area contributed by atoms with Crippen molar-refractivity contribution in [3.8, 4) is 17.2 Å². The number of aryl methyl sites for hydroxylation is 1. The first-order valence-electron chi connectivity index (χ1n) is 15.1. The van der Waals surface area contributed by atoms with Gasteiger partial charge in [-0.3, -0.25) is 14.4 Å². The minimum absolute atomic E-state index is 0.0450. The summed E-state index contributed by atoms with van der Waals surface area (Å²) in [5.74, 6) is -0.647. The van der Waals surface area contributed by atoms with E-state index in [0.29, 0.717) is 47.0 Å². The molecule has 0 spiro atoms. The van der Waals surface area contributed by atoms with Gasteiger partial charge in [-0.05, 0) is 79.3 Å². The summed E-state index contributed by atoms with van der Waals surface area (Å²) in [4.78, 5) is 50.9. The number of anilines is 2. The second-order valence-corrected chi connectivity index (χ2v) is 11.4. The molecule has 1 heterocycles. The first-order valence-corrected chi connectivity index (χ1v) is 15.1. The first kappa shape index (κ1) is 33.6. The van der Waals surface area contributed by atoms with Crippen LogP contribution in [-0.4, -0.2) is 47.9 Å². The van der Waals surface area contributed by atoms with Gasteiger partial charge in [0.2, 0.25) is 12.7 Å². The molecule has 3 aromatic rings. The summed E-state index contributed by atoms with van der Waals surface area (Å²) in [5, 5.41) is 20.7. The fourth-order valence-corrected chi connectivity index (χ4v) is 4.90. The van der Waals surface area contributed by atoms with Gasteiger partial charge in [0.25, 0.3) is 5.91 Å². The van der Waals surface area contributed by atoms with E-state index in [1.807, 2.05) is 45.0 Å². The summed E-state index contributed by atoms with van der Waals surface area (Å²) in [6.07, 6.45) is -0.638. The van der Waals surface area contributed by atoms with Gasteiger partial charge in [0.1, 0.15) is 11.8 Å². The van der Waals surface area contributed by atoms with Crippen LogP contribution in [0.25, 0.3) is 0 Å². The number of hydrogen-bond acceptors (Lipinski definition) is 7. The number of urea groups is 1. The van der Waals surface area contributed by atoms with Crippen LogP contribution in [0.4, 0.5) is 16.2 Å². The lowest BCUT2D eigenvalue weighted by molar-refractivity contribution is -0.138. The van der Waals surface area contributed by atoms with Crippen LogP contribution in [-0.2, 0) is 14.4 Å². The lowest BCUT2D eigenvalue weighted by Crippen LogP contribution is -2.51. The third kappa shape index (κ3) is 9.37. The first-order chi connectivity index (χ1) is 22.0. The van der Waals surface area contributed by atoms with Crippen molar-refractivity contribution in [1.29, 1.82) is 0 Å². The van der Waals surface area contributed by atoms with Gasteiger partial charge >= 0.3 is 12.0 Å². The third-order valence-electron chi connectivity index (χ3n) is 7.28. The van der Waals surface area contributed by atoms with Crippen molar-refractivity contribution in [2.75, 3.05) is 17.4 Å². The zero-order valence-corrected chi connectivity index (χ0v) is 26.3. The standard InChI is InChI=1S/C34H40N4O8/c1-5-28(46-24-13-11-23(12-14-24)35-34(43)38-25-9-7-6-8-21(25)4)33(42)37-27(16-20(2)3)32(41)36-26(18-31(39)40)22-10-15-29-30(17-22)45-19-44-29/h6-15,17,20,26-28H,5,16,18-19H2,1-4H3,(H,36,41)(H,37,42)(H,39,40)(H2,35,38,43). The number of ether oxygens (including phenoxy) is 3. The highest BCUT2D eigenvalue weighted by molar-refractivity contribution is 6.00. The van der Waals surface area contributed by atoms with Crippen LogP contribution in [0.5, 0.6) is 17.2 Å². The predicted octanol–water partition coefficient (Wildman–Crippen LogP) is 5.39. The largest absolute Gasteiger partial charge is 0.481 e. The second kappa shape index (κ2) is 15.6. The molecule has 5 N–H and O–H groups in total. The van der Waals surface area contributed by atoms with Gasteiger partial charge < -0.3 is 40.6 Å². The van der Waals surface area contributed by atoms with Gasteiger partial charge in [-0.25, -0.2) is 4.79 Å².